The van der Waals surface area contributed by atoms with E-state index < -0.39 is 27.4 Å². The number of nitrogens with one attached hydrogen (secondary N) is 2. The number of hydrogen-bond donors (Lipinski definition) is 3. The molecule has 1 aromatic carbocycles. The van der Waals surface area contributed by atoms with E-state index in [0.717, 1.165) is 22.1 Å². The summed E-state index contributed by atoms with van der Waals surface area (Å²) in [5.41, 5.74) is 8.94. The van der Waals surface area contributed by atoms with Crippen molar-refractivity contribution in [1.82, 2.24) is 24.1 Å². The van der Waals surface area contributed by atoms with Gasteiger partial charge in [-0.15, -0.1) is 0 Å². The second-order valence-electron chi connectivity index (χ2n) is 9.86. The largest absolute Gasteiger partial charge is 0.398 e. The van der Waals surface area contributed by atoms with Crippen LogP contribution < -0.4 is 16.4 Å². The summed E-state index contributed by atoms with van der Waals surface area (Å²) in [6.07, 6.45) is 7.82. The van der Waals surface area contributed by atoms with Gasteiger partial charge in [0.2, 0.25) is 10.0 Å². The summed E-state index contributed by atoms with van der Waals surface area (Å²) in [6.45, 7) is 3.70. The lowest BCUT2D eigenvalue weighted by Crippen LogP contribution is -2.64. The molecule has 210 valence electrons. The number of sulfonamides is 1. The van der Waals surface area contributed by atoms with Gasteiger partial charge in [0.25, 0.3) is 0 Å². The van der Waals surface area contributed by atoms with Crippen LogP contribution in [0.2, 0.25) is 0 Å². The van der Waals surface area contributed by atoms with Crippen LogP contribution in [0.4, 0.5) is 17.2 Å². The summed E-state index contributed by atoms with van der Waals surface area (Å²) in [7, 11) is -3.40. The molecule has 1 aliphatic rings. The van der Waals surface area contributed by atoms with Gasteiger partial charge in [-0.3, -0.25) is 19.3 Å². The van der Waals surface area contributed by atoms with E-state index in [0.29, 0.717) is 11.1 Å². The number of hydrogen-bond acceptors (Lipinski definition) is 9. The standard InChI is InChI=1S/C27H27N9O4S/c1-3-41(39,40)35-15-27(16-35,5-6-28)36-14-20(11-32-36)33-25(37)26(38)34-24-10-19-8-18(9-23(29)22(19)13-31-24)21-12-30-7-4-17(21)2/h4,7-14H,3,5,15-16,29H2,1-2H3,(H,33,37)(H,31,34,38). The molecule has 1 aliphatic heterocycles. The van der Waals surface area contributed by atoms with Crippen LogP contribution in [0.15, 0.2) is 55.2 Å². The number of amides is 2. The fourth-order valence-corrected chi connectivity index (χ4v) is 6.00. The average molecular weight is 574 g/mol. The van der Waals surface area contributed by atoms with Gasteiger partial charge in [-0.2, -0.15) is 14.7 Å². The lowest BCUT2D eigenvalue weighted by atomic mass is 9.89. The number of benzene rings is 1. The molecule has 4 heterocycles. The molecule has 0 aliphatic carbocycles. The number of carbonyl (C=O) groups is 2. The number of pyridine rings is 2. The molecule has 3 aromatic heterocycles. The zero-order chi connectivity index (χ0) is 29.4. The maximum atomic E-state index is 12.7. The van der Waals surface area contributed by atoms with E-state index in [9.17, 15) is 23.3 Å². The second kappa shape index (κ2) is 10.6. The SMILES string of the molecule is CCS(=O)(=O)N1CC(CC#N)(n2cc(NC(=O)C(=O)Nc3cc4cc(-c5cnccc5C)cc(N)c4cn3)cn2)C1. The smallest absolute Gasteiger partial charge is 0.315 e. The number of carbonyl (C=O) groups excluding carboxylic acids is 2. The highest BCUT2D eigenvalue weighted by Gasteiger charge is 2.49. The number of aryl methyl sites for hydroxylation is 1. The van der Waals surface area contributed by atoms with Gasteiger partial charge in [0, 0.05) is 54.5 Å². The molecule has 0 unspecified atom stereocenters. The molecule has 0 bridgehead atoms. The highest BCUT2D eigenvalue weighted by Crippen LogP contribution is 2.35. The quantitative estimate of drug-likeness (QED) is 0.220. The third-order valence-electron chi connectivity index (χ3n) is 7.10. The normalized spacial score (nSPS) is 14.7. The predicted octanol–water partition coefficient (Wildman–Crippen LogP) is 2.24. The molecule has 1 saturated heterocycles. The number of nitrogens with two attached hydrogens (primary N) is 1. The first kappa shape index (κ1) is 27.7. The molecule has 0 spiro atoms. The summed E-state index contributed by atoms with van der Waals surface area (Å²) < 4.78 is 27.1. The third kappa shape index (κ3) is 5.32. The van der Waals surface area contributed by atoms with Crippen LogP contribution in [-0.2, 0) is 25.2 Å². The number of anilines is 3. The molecule has 0 radical (unpaired) electrons. The first-order valence-corrected chi connectivity index (χ1v) is 14.3. The average Bonchev–Trinajstić information content (AvgIpc) is 3.39. The molecule has 41 heavy (non-hydrogen) atoms. The second-order valence-corrected chi connectivity index (χ2v) is 12.1. The Bertz CT molecular complexity index is 1820. The zero-order valence-corrected chi connectivity index (χ0v) is 23.1. The Morgan fingerprint density at radius 1 is 1.15 bits per heavy atom. The highest BCUT2D eigenvalue weighted by atomic mass is 32.2. The maximum absolute atomic E-state index is 12.7. The van der Waals surface area contributed by atoms with Crippen molar-refractivity contribution in [2.45, 2.75) is 25.8 Å². The van der Waals surface area contributed by atoms with Gasteiger partial charge in [-0.1, -0.05) is 0 Å². The Labute approximate surface area is 236 Å². The predicted molar refractivity (Wildman–Crippen MR) is 153 cm³/mol. The highest BCUT2D eigenvalue weighted by molar-refractivity contribution is 7.89. The lowest BCUT2D eigenvalue weighted by Gasteiger charge is -2.47. The fraction of sp³-hybridized carbons (Fsp3) is 0.259. The monoisotopic (exact) mass is 573 g/mol. The topological polar surface area (TPSA) is 189 Å². The van der Waals surface area contributed by atoms with E-state index in [1.807, 2.05) is 25.1 Å². The van der Waals surface area contributed by atoms with Gasteiger partial charge in [0.1, 0.15) is 11.4 Å². The first-order chi connectivity index (χ1) is 19.5. The molecule has 5 rings (SSSR count). The number of nitrogen functional groups attached to an aromatic ring is 1. The van der Waals surface area contributed by atoms with E-state index in [2.05, 4.69) is 31.8 Å². The van der Waals surface area contributed by atoms with Gasteiger partial charge >= 0.3 is 11.8 Å². The number of fused-ring (bicyclic) bond motifs is 1. The van der Waals surface area contributed by atoms with Crippen LogP contribution in [0.5, 0.6) is 0 Å². The summed E-state index contributed by atoms with van der Waals surface area (Å²) in [6, 6.07) is 9.35. The number of aromatic nitrogens is 4. The van der Waals surface area contributed by atoms with Crippen LogP contribution in [0.1, 0.15) is 18.9 Å². The van der Waals surface area contributed by atoms with Gasteiger partial charge in [0.15, 0.2) is 0 Å². The van der Waals surface area contributed by atoms with Gasteiger partial charge < -0.3 is 16.4 Å². The molecular weight excluding hydrogens is 546 g/mol. The molecular formula is C27H27N9O4S. The minimum atomic E-state index is -3.40. The summed E-state index contributed by atoms with van der Waals surface area (Å²) in [5, 5.41) is 19.9. The van der Waals surface area contributed by atoms with Crippen LogP contribution in [0.3, 0.4) is 0 Å². The Hall–Kier alpha value is -4.87. The first-order valence-electron chi connectivity index (χ1n) is 12.7. The Morgan fingerprint density at radius 2 is 1.90 bits per heavy atom. The molecule has 2 amide bonds. The van der Waals surface area contributed by atoms with Crippen molar-refractivity contribution >= 4 is 49.8 Å². The third-order valence-corrected chi connectivity index (χ3v) is 8.88. The minimum absolute atomic E-state index is 0.0263. The Kier molecular flexibility index (Phi) is 7.16. The van der Waals surface area contributed by atoms with E-state index in [-0.39, 0.29) is 36.8 Å². The van der Waals surface area contributed by atoms with Gasteiger partial charge in [-0.25, -0.2) is 13.4 Å². The Morgan fingerprint density at radius 3 is 2.61 bits per heavy atom. The van der Waals surface area contributed by atoms with Crippen molar-refractivity contribution in [1.29, 1.82) is 5.26 Å². The maximum Gasteiger partial charge on any atom is 0.315 e. The molecule has 0 saturated carbocycles. The van der Waals surface area contributed by atoms with Crippen LogP contribution >= 0.6 is 0 Å². The van der Waals surface area contributed by atoms with Crippen molar-refractivity contribution in [2.75, 3.05) is 35.2 Å². The van der Waals surface area contributed by atoms with Crippen molar-refractivity contribution in [3.8, 4) is 17.2 Å². The lowest BCUT2D eigenvalue weighted by molar-refractivity contribution is -0.133. The number of nitrogens with zero attached hydrogens (tertiary/aromatic N) is 6. The zero-order valence-electron chi connectivity index (χ0n) is 22.3. The van der Waals surface area contributed by atoms with Gasteiger partial charge in [0.05, 0.1) is 30.1 Å². The van der Waals surface area contributed by atoms with E-state index in [1.165, 1.54) is 27.6 Å². The summed E-state index contributed by atoms with van der Waals surface area (Å²) in [4.78, 5) is 33.7. The Balaban J connectivity index is 1.29. The van der Waals surface area contributed by atoms with Gasteiger partial charge in [-0.05, 0) is 54.6 Å². The molecule has 14 heteroatoms. The van der Waals surface area contributed by atoms with Crippen LogP contribution in [-0.4, -0.2) is 63.1 Å². The molecule has 0 atom stereocenters. The van der Waals surface area contributed by atoms with Crippen molar-refractivity contribution < 1.29 is 18.0 Å². The number of rotatable bonds is 7. The molecule has 4 N–H and O–H groups in total. The van der Waals surface area contributed by atoms with E-state index >= 15 is 0 Å². The molecule has 4 aromatic rings. The number of nitriles is 1. The molecule has 13 nitrogen and oxygen atoms in total. The fourth-order valence-electron chi connectivity index (χ4n) is 4.76. The van der Waals surface area contributed by atoms with Crippen LogP contribution in [0.25, 0.3) is 21.9 Å². The van der Waals surface area contributed by atoms with Crippen molar-refractivity contribution in [2.24, 2.45) is 0 Å². The van der Waals surface area contributed by atoms with Crippen molar-refractivity contribution in [3.05, 3.63) is 60.8 Å². The van der Waals surface area contributed by atoms with E-state index in [1.54, 1.807) is 25.4 Å². The summed E-state index contributed by atoms with van der Waals surface area (Å²) >= 11 is 0. The van der Waals surface area contributed by atoms with Crippen molar-refractivity contribution in [3.63, 3.8) is 0 Å². The summed E-state index contributed by atoms with van der Waals surface area (Å²) in [5.74, 6) is -1.79. The molecule has 1 fully saturated rings. The minimum Gasteiger partial charge on any atom is -0.398 e. The van der Waals surface area contributed by atoms with E-state index in [4.69, 9.17) is 5.73 Å². The van der Waals surface area contributed by atoms with Crippen LogP contribution in [0, 0.1) is 18.3 Å².